The van der Waals surface area contributed by atoms with Crippen LogP contribution in [-0.2, 0) is 16.6 Å². The molecule has 2 saturated heterocycles. The van der Waals surface area contributed by atoms with E-state index in [2.05, 4.69) is 17.0 Å². The van der Waals surface area contributed by atoms with E-state index in [4.69, 9.17) is 0 Å². The van der Waals surface area contributed by atoms with Crippen molar-refractivity contribution in [3.63, 3.8) is 0 Å². The van der Waals surface area contributed by atoms with Crippen molar-refractivity contribution in [1.82, 2.24) is 19.0 Å². The number of carbonyl (C=O) groups excluding carboxylic acids is 1. The Morgan fingerprint density at radius 2 is 1.40 bits per heavy atom. The average molecular weight is 366 g/mol. The Hall–Kier alpha value is -1.64. The smallest absolute Gasteiger partial charge is 0.320 e. The molecular formula is C17H26N4O3S. The van der Waals surface area contributed by atoms with Crippen LogP contribution >= 0.6 is 0 Å². The van der Waals surface area contributed by atoms with Gasteiger partial charge in [0.25, 0.3) is 0 Å². The van der Waals surface area contributed by atoms with E-state index < -0.39 is 10.0 Å². The Bertz CT molecular complexity index is 679. The number of piperazine rings is 2. The van der Waals surface area contributed by atoms with Gasteiger partial charge in [-0.05, 0) is 5.56 Å². The van der Waals surface area contributed by atoms with E-state index >= 15 is 0 Å². The fourth-order valence-electron chi connectivity index (χ4n) is 3.35. The van der Waals surface area contributed by atoms with Crippen LogP contribution in [0.1, 0.15) is 5.56 Å². The molecular weight excluding hydrogens is 340 g/mol. The van der Waals surface area contributed by atoms with Crippen molar-refractivity contribution in [2.24, 2.45) is 0 Å². The summed E-state index contributed by atoms with van der Waals surface area (Å²) in [7, 11) is -3.16. The van der Waals surface area contributed by atoms with Crippen molar-refractivity contribution < 1.29 is 13.2 Å². The predicted octanol–water partition coefficient (Wildman–Crippen LogP) is 0.501. The zero-order valence-corrected chi connectivity index (χ0v) is 15.5. The quantitative estimate of drug-likeness (QED) is 0.782. The lowest BCUT2D eigenvalue weighted by molar-refractivity contribution is 0.1000. The molecule has 0 aromatic heterocycles. The van der Waals surface area contributed by atoms with Crippen LogP contribution in [0, 0.1) is 0 Å². The van der Waals surface area contributed by atoms with Gasteiger partial charge in [-0.25, -0.2) is 13.2 Å². The highest BCUT2D eigenvalue weighted by molar-refractivity contribution is 7.88. The fourth-order valence-corrected chi connectivity index (χ4v) is 4.18. The second kappa shape index (κ2) is 7.72. The number of hydrogen-bond donors (Lipinski definition) is 0. The third-order valence-corrected chi connectivity index (χ3v) is 6.17. The van der Waals surface area contributed by atoms with E-state index in [-0.39, 0.29) is 6.03 Å². The van der Waals surface area contributed by atoms with Crippen molar-refractivity contribution in [2.45, 2.75) is 6.54 Å². The van der Waals surface area contributed by atoms with Crippen molar-refractivity contribution in [2.75, 3.05) is 58.6 Å². The molecule has 138 valence electrons. The molecule has 25 heavy (non-hydrogen) atoms. The highest BCUT2D eigenvalue weighted by Crippen LogP contribution is 2.12. The topological polar surface area (TPSA) is 64.2 Å². The van der Waals surface area contributed by atoms with Crippen molar-refractivity contribution in [3.8, 4) is 0 Å². The van der Waals surface area contributed by atoms with Crippen LogP contribution in [-0.4, -0.2) is 92.1 Å². The first kappa shape index (κ1) is 18.2. The van der Waals surface area contributed by atoms with E-state index in [9.17, 15) is 13.2 Å². The Balaban J connectivity index is 1.46. The number of hydrogen-bond acceptors (Lipinski definition) is 4. The van der Waals surface area contributed by atoms with E-state index in [1.807, 2.05) is 23.1 Å². The third-order valence-electron chi connectivity index (χ3n) is 4.87. The van der Waals surface area contributed by atoms with Crippen LogP contribution < -0.4 is 0 Å². The first-order valence-corrected chi connectivity index (χ1v) is 10.5. The summed E-state index contributed by atoms with van der Waals surface area (Å²) in [5, 5.41) is 0. The molecule has 0 unspecified atom stereocenters. The van der Waals surface area contributed by atoms with Crippen LogP contribution in [0.4, 0.5) is 4.79 Å². The maximum absolute atomic E-state index is 12.6. The van der Waals surface area contributed by atoms with E-state index in [0.29, 0.717) is 26.2 Å². The van der Waals surface area contributed by atoms with Crippen LogP contribution in [0.3, 0.4) is 0 Å². The summed E-state index contributed by atoms with van der Waals surface area (Å²) in [5.74, 6) is 0. The monoisotopic (exact) mass is 366 g/mol. The minimum absolute atomic E-state index is 0.0347. The van der Waals surface area contributed by atoms with Crippen molar-refractivity contribution in [3.05, 3.63) is 35.9 Å². The van der Waals surface area contributed by atoms with Gasteiger partial charge in [-0.15, -0.1) is 0 Å². The van der Waals surface area contributed by atoms with Gasteiger partial charge in [0, 0.05) is 58.9 Å². The molecule has 0 N–H and O–H groups in total. The number of carbonyl (C=O) groups is 1. The van der Waals surface area contributed by atoms with Gasteiger partial charge in [-0.1, -0.05) is 30.3 Å². The van der Waals surface area contributed by atoms with E-state index in [0.717, 1.165) is 32.7 Å². The van der Waals surface area contributed by atoms with Gasteiger partial charge in [-0.2, -0.15) is 4.31 Å². The number of urea groups is 1. The van der Waals surface area contributed by atoms with Crippen molar-refractivity contribution >= 4 is 16.1 Å². The summed E-state index contributed by atoms with van der Waals surface area (Å²) >= 11 is 0. The zero-order valence-electron chi connectivity index (χ0n) is 14.7. The van der Waals surface area contributed by atoms with Crippen LogP contribution in [0.2, 0.25) is 0 Å². The highest BCUT2D eigenvalue weighted by Gasteiger charge is 2.30. The van der Waals surface area contributed by atoms with E-state index in [1.54, 1.807) is 4.90 Å². The standard InChI is InChI=1S/C17H26N4O3S/c1-25(23,24)21-13-11-20(12-14-21)17(22)19-9-7-18(8-10-19)15-16-5-3-2-4-6-16/h2-6H,7-15H2,1H3. The molecule has 0 radical (unpaired) electrons. The summed E-state index contributed by atoms with van der Waals surface area (Å²) in [6.45, 7) is 5.79. The maximum atomic E-state index is 12.6. The normalized spacial score (nSPS) is 20.7. The van der Waals surface area contributed by atoms with Gasteiger partial charge >= 0.3 is 6.03 Å². The molecule has 8 heteroatoms. The fraction of sp³-hybridized carbons (Fsp3) is 0.588. The van der Waals surface area contributed by atoms with Gasteiger partial charge in [0.15, 0.2) is 0 Å². The maximum Gasteiger partial charge on any atom is 0.320 e. The van der Waals surface area contributed by atoms with Crippen LogP contribution in [0.25, 0.3) is 0 Å². The van der Waals surface area contributed by atoms with E-state index in [1.165, 1.54) is 16.1 Å². The Kier molecular flexibility index (Phi) is 5.61. The van der Waals surface area contributed by atoms with Gasteiger partial charge in [0.05, 0.1) is 6.26 Å². The Morgan fingerprint density at radius 1 is 0.880 bits per heavy atom. The molecule has 2 aliphatic heterocycles. The second-order valence-electron chi connectivity index (χ2n) is 6.68. The SMILES string of the molecule is CS(=O)(=O)N1CCN(C(=O)N2CCN(Cc3ccccc3)CC2)CC1. The minimum atomic E-state index is -3.16. The molecule has 0 spiro atoms. The van der Waals surface area contributed by atoms with Gasteiger partial charge < -0.3 is 9.80 Å². The second-order valence-corrected chi connectivity index (χ2v) is 8.66. The molecule has 2 heterocycles. The summed E-state index contributed by atoms with van der Waals surface area (Å²) in [5.41, 5.74) is 1.29. The average Bonchev–Trinajstić information content (AvgIpc) is 2.62. The molecule has 2 aliphatic rings. The molecule has 2 fully saturated rings. The lowest BCUT2D eigenvalue weighted by atomic mass is 10.2. The number of amides is 2. The molecule has 0 bridgehead atoms. The molecule has 7 nitrogen and oxygen atoms in total. The molecule has 1 aromatic rings. The summed E-state index contributed by atoms with van der Waals surface area (Å²) < 4.78 is 24.6. The molecule has 0 aliphatic carbocycles. The molecule has 3 rings (SSSR count). The molecule has 0 saturated carbocycles. The largest absolute Gasteiger partial charge is 0.322 e. The highest BCUT2D eigenvalue weighted by atomic mass is 32.2. The number of benzene rings is 1. The first-order valence-electron chi connectivity index (χ1n) is 8.69. The summed E-state index contributed by atoms with van der Waals surface area (Å²) in [6, 6.07) is 10.4. The lowest BCUT2D eigenvalue weighted by Gasteiger charge is -2.40. The molecule has 0 atom stereocenters. The van der Waals surface area contributed by atoms with Crippen LogP contribution in [0.5, 0.6) is 0 Å². The lowest BCUT2D eigenvalue weighted by Crippen LogP contribution is -2.57. The summed E-state index contributed by atoms with van der Waals surface area (Å²) in [6.07, 6.45) is 1.22. The first-order chi connectivity index (χ1) is 11.9. The third kappa shape index (κ3) is 4.71. The van der Waals surface area contributed by atoms with Crippen molar-refractivity contribution in [1.29, 1.82) is 0 Å². The van der Waals surface area contributed by atoms with Gasteiger partial charge in [0.2, 0.25) is 10.0 Å². The molecule has 2 amide bonds. The number of rotatable bonds is 3. The van der Waals surface area contributed by atoms with Gasteiger partial charge in [-0.3, -0.25) is 4.90 Å². The predicted molar refractivity (Wildman–Crippen MR) is 96.7 cm³/mol. The summed E-state index contributed by atoms with van der Waals surface area (Å²) in [4.78, 5) is 18.7. The number of sulfonamides is 1. The van der Waals surface area contributed by atoms with Crippen LogP contribution in [0.15, 0.2) is 30.3 Å². The Labute approximate surface area is 149 Å². The Morgan fingerprint density at radius 3 is 1.92 bits per heavy atom. The van der Waals surface area contributed by atoms with Gasteiger partial charge in [0.1, 0.15) is 0 Å². The number of nitrogens with zero attached hydrogens (tertiary/aromatic N) is 4. The zero-order chi connectivity index (χ0) is 17.9. The minimum Gasteiger partial charge on any atom is -0.322 e. The molecule has 1 aromatic carbocycles.